The molecule has 0 saturated carbocycles. The second kappa shape index (κ2) is 6.26. The lowest BCUT2D eigenvalue weighted by atomic mass is 10.2. The summed E-state index contributed by atoms with van der Waals surface area (Å²) in [6.07, 6.45) is 1.20. The molecule has 0 amide bonds. The molecule has 2 unspecified atom stereocenters. The van der Waals surface area contributed by atoms with Crippen LogP contribution >= 0.6 is 11.3 Å². The van der Waals surface area contributed by atoms with Gasteiger partial charge in [0.25, 0.3) is 0 Å². The van der Waals surface area contributed by atoms with Gasteiger partial charge in [-0.05, 0) is 52.4 Å². The molecule has 1 aromatic heterocycles. The molecule has 3 heteroatoms. The average molecular weight is 226 g/mol. The molecule has 1 heterocycles. The molecule has 0 radical (unpaired) electrons. The zero-order chi connectivity index (χ0) is 11.3. The van der Waals surface area contributed by atoms with Crippen LogP contribution in [0.15, 0.2) is 17.5 Å². The van der Waals surface area contributed by atoms with Crippen molar-refractivity contribution in [2.24, 2.45) is 0 Å². The van der Waals surface area contributed by atoms with E-state index in [1.807, 2.05) is 11.3 Å². The monoisotopic (exact) mass is 226 g/mol. The first kappa shape index (κ1) is 12.7. The molecule has 2 atom stereocenters. The minimum Gasteiger partial charge on any atom is -0.309 e. The lowest BCUT2D eigenvalue weighted by Gasteiger charge is -2.20. The Kier molecular flexibility index (Phi) is 5.29. The molecule has 1 N–H and O–H groups in total. The Labute approximate surface area is 97.3 Å². The fourth-order valence-electron chi connectivity index (χ4n) is 1.58. The van der Waals surface area contributed by atoms with Crippen LogP contribution in [0.25, 0.3) is 0 Å². The minimum atomic E-state index is 0.474. The van der Waals surface area contributed by atoms with E-state index in [1.54, 1.807) is 0 Å². The van der Waals surface area contributed by atoms with Crippen molar-refractivity contribution in [1.29, 1.82) is 0 Å². The summed E-state index contributed by atoms with van der Waals surface area (Å²) in [7, 11) is 4.24. The topological polar surface area (TPSA) is 15.3 Å². The van der Waals surface area contributed by atoms with Crippen molar-refractivity contribution in [3.05, 3.63) is 22.4 Å². The number of nitrogens with zero attached hydrogens (tertiary/aromatic N) is 1. The van der Waals surface area contributed by atoms with E-state index in [-0.39, 0.29) is 0 Å². The predicted molar refractivity (Wildman–Crippen MR) is 68.5 cm³/mol. The van der Waals surface area contributed by atoms with Gasteiger partial charge in [0.1, 0.15) is 0 Å². The Morgan fingerprint density at radius 1 is 1.40 bits per heavy atom. The minimum absolute atomic E-state index is 0.474. The summed E-state index contributed by atoms with van der Waals surface area (Å²) in [5.74, 6) is 0. The smallest absolute Gasteiger partial charge is 0.0388 e. The van der Waals surface area contributed by atoms with Crippen molar-refractivity contribution in [2.45, 2.75) is 32.4 Å². The molecule has 86 valence electrons. The highest BCUT2D eigenvalue weighted by Gasteiger charge is 2.09. The molecule has 1 rings (SSSR count). The van der Waals surface area contributed by atoms with E-state index in [1.165, 1.54) is 11.3 Å². The first-order valence-electron chi connectivity index (χ1n) is 5.53. The van der Waals surface area contributed by atoms with E-state index >= 15 is 0 Å². The van der Waals surface area contributed by atoms with Crippen LogP contribution in [0.1, 0.15) is 31.2 Å². The third-order valence-electron chi connectivity index (χ3n) is 2.51. The summed E-state index contributed by atoms with van der Waals surface area (Å²) < 4.78 is 0. The van der Waals surface area contributed by atoms with E-state index in [0.29, 0.717) is 12.1 Å². The predicted octanol–water partition coefficient (Wildman–Crippen LogP) is 2.74. The first-order valence-corrected chi connectivity index (χ1v) is 6.41. The summed E-state index contributed by atoms with van der Waals surface area (Å²) in [6.45, 7) is 5.64. The van der Waals surface area contributed by atoms with Gasteiger partial charge in [-0.2, -0.15) is 0 Å². The molecule has 1 aromatic rings. The van der Waals surface area contributed by atoms with Crippen LogP contribution in [0.3, 0.4) is 0 Å². The lowest BCUT2D eigenvalue weighted by molar-refractivity contribution is 0.355. The third-order valence-corrected chi connectivity index (χ3v) is 3.57. The van der Waals surface area contributed by atoms with Gasteiger partial charge in [0.05, 0.1) is 0 Å². The summed E-state index contributed by atoms with van der Waals surface area (Å²) in [4.78, 5) is 3.65. The van der Waals surface area contributed by atoms with E-state index in [9.17, 15) is 0 Å². The molecule has 0 fully saturated rings. The standard InChI is InChI=1S/C12H22N2S/c1-10(7-8-14(3)4)13-11(2)12-6-5-9-15-12/h5-6,9-11,13H,7-8H2,1-4H3. The van der Waals surface area contributed by atoms with Crippen molar-refractivity contribution in [3.8, 4) is 0 Å². The highest BCUT2D eigenvalue weighted by Crippen LogP contribution is 2.18. The van der Waals surface area contributed by atoms with E-state index in [2.05, 4.69) is 55.7 Å². The summed E-state index contributed by atoms with van der Waals surface area (Å²) in [6, 6.07) is 5.36. The van der Waals surface area contributed by atoms with Gasteiger partial charge in [0.2, 0.25) is 0 Å². The maximum absolute atomic E-state index is 3.62. The molecule has 0 aliphatic heterocycles. The highest BCUT2D eigenvalue weighted by atomic mass is 32.1. The molecule has 0 aromatic carbocycles. The van der Waals surface area contributed by atoms with Crippen molar-refractivity contribution in [2.75, 3.05) is 20.6 Å². The van der Waals surface area contributed by atoms with Crippen LogP contribution in [0, 0.1) is 0 Å². The molecule has 0 spiro atoms. The Morgan fingerprint density at radius 2 is 2.13 bits per heavy atom. The highest BCUT2D eigenvalue weighted by molar-refractivity contribution is 7.10. The molecule has 0 aliphatic rings. The number of thiophene rings is 1. The third kappa shape index (κ3) is 4.78. The normalized spacial score (nSPS) is 15.5. The van der Waals surface area contributed by atoms with Gasteiger partial charge in [-0.1, -0.05) is 6.07 Å². The van der Waals surface area contributed by atoms with Crippen LogP contribution in [-0.4, -0.2) is 31.6 Å². The summed E-state index contributed by atoms with van der Waals surface area (Å²) in [5.41, 5.74) is 0. The Bertz CT molecular complexity index is 257. The number of nitrogens with one attached hydrogen (secondary N) is 1. The van der Waals surface area contributed by atoms with E-state index < -0.39 is 0 Å². The Balaban J connectivity index is 2.28. The molecule has 15 heavy (non-hydrogen) atoms. The molecule has 0 aliphatic carbocycles. The zero-order valence-electron chi connectivity index (χ0n) is 10.2. The van der Waals surface area contributed by atoms with Gasteiger partial charge in [-0.25, -0.2) is 0 Å². The second-order valence-corrected chi connectivity index (χ2v) is 5.38. The lowest BCUT2D eigenvalue weighted by Crippen LogP contribution is -2.31. The van der Waals surface area contributed by atoms with E-state index in [0.717, 1.165) is 6.54 Å². The van der Waals surface area contributed by atoms with Crippen LogP contribution in [-0.2, 0) is 0 Å². The van der Waals surface area contributed by atoms with Gasteiger partial charge in [-0.15, -0.1) is 11.3 Å². The Morgan fingerprint density at radius 3 is 2.67 bits per heavy atom. The van der Waals surface area contributed by atoms with Gasteiger partial charge < -0.3 is 10.2 Å². The van der Waals surface area contributed by atoms with Crippen LogP contribution in [0.4, 0.5) is 0 Å². The number of rotatable bonds is 6. The van der Waals surface area contributed by atoms with Gasteiger partial charge >= 0.3 is 0 Å². The van der Waals surface area contributed by atoms with Gasteiger partial charge in [0.15, 0.2) is 0 Å². The zero-order valence-corrected chi connectivity index (χ0v) is 11.0. The summed E-state index contributed by atoms with van der Waals surface area (Å²) in [5, 5.41) is 5.76. The average Bonchev–Trinajstić information content (AvgIpc) is 2.67. The number of hydrogen-bond donors (Lipinski definition) is 1. The molecular weight excluding hydrogens is 204 g/mol. The van der Waals surface area contributed by atoms with Crippen LogP contribution < -0.4 is 5.32 Å². The van der Waals surface area contributed by atoms with Crippen molar-refractivity contribution in [3.63, 3.8) is 0 Å². The first-order chi connectivity index (χ1) is 7.09. The van der Waals surface area contributed by atoms with Gasteiger partial charge in [-0.3, -0.25) is 0 Å². The van der Waals surface area contributed by atoms with Crippen LogP contribution in [0.2, 0.25) is 0 Å². The SMILES string of the molecule is CC(CCN(C)C)NC(C)c1cccs1. The molecular formula is C12H22N2S. The maximum atomic E-state index is 3.62. The quantitative estimate of drug-likeness (QED) is 0.802. The molecule has 0 saturated heterocycles. The molecule has 2 nitrogen and oxygen atoms in total. The molecule has 0 bridgehead atoms. The largest absolute Gasteiger partial charge is 0.309 e. The van der Waals surface area contributed by atoms with Crippen molar-refractivity contribution < 1.29 is 0 Å². The van der Waals surface area contributed by atoms with E-state index in [4.69, 9.17) is 0 Å². The summed E-state index contributed by atoms with van der Waals surface area (Å²) >= 11 is 1.82. The van der Waals surface area contributed by atoms with Crippen molar-refractivity contribution in [1.82, 2.24) is 10.2 Å². The Hall–Kier alpha value is -0.380. The fourth-order valence-corrected chi connectivity index (χ4v) is 2.33. The second-order valence-electron chi connectivity index (χ2n) is 4.40. The van der Waals surface area contributed by atoms with Crippen molar-refractivity contribution >= 4 is 11.3 Å². The van der Waals surface area contributed by atoms with Crippen LogP contribution in [0.5, 0.6) is 0 Å². The number of hydrogen-bond acceptors (Lipinski definition) is 3. The maximum Gasteiger partial charge on any atom is 0.0388 e. The van der Waals surface area contributed by atoms with Gasteiger partial charge in [0, 0.05) is 17.0 Å². The fraction of sp³-hybridized carbons (Fsp3) is 0.667.